The van der Waals surface area contributed by atoms with Gasteiger partial charge in [0.1, 0.15) is 5.82 Å². The van der Waals surface area contributed by atoms with E-state index in [0.717, 1.165) is 5.69 Å². The predicted molar refractivity (Wildman–Crippen MR) is 89.9 cm³/mol. The third kappa shape index (κ3) is 3.62. The lowest BCUT2D eigenvalue weighted by molar-refractivity contribution is -0.132. The van der Waals surface area contributed by atoms with Crippen molar-refractivity contribution in [1.29, 1.82) is 0 Å². The molecule has 1 aromatic rings. The SMILES string of the molecule is NCCS(=O)(=O)C(F)C(=O)N1C[C@@H]2CN(c3ccc(F)cc3)C[C@@H]2C1. The highest BCUT2D eigenvalue weighted by molar-refractivity contribution is 7.92. The number of rotatable bonds is 5. The quantitative estimate of drug-likeness (QED) is 0.807. The van der Waals surface area contributed by atoms with E-state index >= 15 is 0 Å². The largest absolute Gasteiger partial charge is 0.371 e. The molecular formula is C16H21F2N3O3S. The van der Waals surface area contributed by atoms with Crippen LogP contribution in [0.25, 0.3) is 0 Å². The molecule has 2 aliphatic heterocycles. The molecular weight excluding hydrogens is 352 g/mol. The Morgan fingerprint density at radius 2 is 1.72 bits per heavy atom. The molecule has 0 radical (unpaired) electrons. The first-order valence-electron chi connectivity index (χ1n) is 8.17. The highest BCUT2D eigenvalue weighted by Gasteiger charge is 2.45. The van der Waals surface area contributed by atoms with Crippen LogP contribution in [0.3, 0.4) is 0 Å². The molecule has 0 saturated carbocycles. The van der Waals surface area contributed by atoms with E-state index in [1.165, 1.54) is 17.0 Å². The fourth-order valence-corrected chi connectivity index (χ4v) is 4.59. The van der Waals surface area contributed by atoms with Crippen molar-refractivity contribution in [1.82, 2.24) is 4.90 Å². The van der Waals surface area contributed by atoms with Crippen molar-refractivity contribution in [2.75, 3.05) is 43.4 Å². The van der Waals surface area contributed by atoms with Gasteiger partial charge in [0.15, 0.2) is 9.84 Å². The number of carbonyl (C=O) groups is 1. The first-order chi connectivity index (χ1) is 11.8. The van der Waals surface area contributed by atoms with Gasteiger partial charge in [-0.1, -0.05) is 0 Å². The van der Waals surface area contributed by atoms with Crippen molar-refractivity contribution < 1.29 is 22.0 Å². The van der Waals surface area contributed by atoms with Crippen LogP contribution in [0.2, 0.25) is 0 Å². The smallest absolute Gasteiger partial charge is 0.278 e. The molecule has 3 rings (SSSR count). The first-order valence-corrected chi connectivity index (χ1v) is 9.88. The van der Waals surface area contributed by atoms with Crippen LogP contribution in [0.4, 0.5) is 14.5 Å². The minimum atomic E-state index is -4.16. The second-order valence-corrected chi connectivity index (χ2v) is 8.76. The Morgan fingerprint density at radius 3 is 2.24 bits per heavy atom. The van der Waals surface area contributed by atoms with Crippen molar-refractivity contribution >= 4 is 21.4 Å². The van der Waals surface area contributed by atoms with Gasteiger partial charge in [0.05, 0.1) is 5.75 Å². The van der Waals surface area contributed by atoms with Crippen LogP contribution in [0, 0.1) is 17.7 Å². The standard InChI is InChI=1S/C16H21F2N3O3S/c17-13-1-3-14(4-2-13)20-7-11-9-21(10-12(11)8-20)16(22)15(18)25(23,24)6-5-19/h1-4,11-12,15H,5-10,19H2/t11-,12+,15?. The average Bonchev–Trinajstić information content (AvgIpc) is 3.13. The number of carbonyl (C=O) groups excluding carboxylic acids is 1. The average molecular weight is 373 g/mol. The van der Waals surface area contributed by atoms with Crippen LogP contribution in [0.15, 0.2) is 24.3 Å². The number of halogens is 2. The number of amides is 1. The summed E-state index contributed by atoms with van der Waals surface area (Å²) in [6.07, 6.45) is 0. The van der Waals surface area contributed by atoms with Crippen LogP contribution in [-0.4, -0.2) is 63.2 Å². The lowest BCUT2D eigenvalue weighted by Crippen LogP contribution is -2.42. The number of alkyl halides is 1. The number of hydrogen-bond donors (Lipinski definition) is 1. The zero-order valence-electron chi connectivity index (χ0n) is 13.6. The molecule has 9 heteroatoms. The molecule has 3 atom stereocenters. The van der Waals surface area contributed by atoms with Gasteiger partial charge in [0, 0.05) is 50.2 Å². The van der Waals surface area contributed by atoms with Crippen LogP contribution in [0.5, 0.6) is 0 Å². The van der Waals surface area contributed by atoms with E-state index in [9.17, 15) is 22.0 Å². The predicted octanol–water partition coefficient (Wildman–Crippen LogP) is 0.389. The van der Waals surface area contributed by atoms with Gasteiger partial charge in [-0.3, -0.25) is 4.79 Å². The number of sulfone groups is 1. The van der Waals surface area contributed by atoms with Gasteiger partial charge in [-0.25, -0.2) is 17.2 Å². The number of likely N-dealkylation sites (tertiary alicyclic amines) is 1. The Balaban J connectivity index is 1.61. The zero-order chi connectivity index (χ0) is 18.2. The van der Waals surface area contributed by atoms with Crippen LogP contribution >= 0.6 is 0 Å². The summed E-state index contributed by atoms with van der Waals surface area (Å²) in [4.78, 5) is 15.6. The molecule has 1 unspecified atom stereocenters. The monoisotopic (exact) mass is 373 g/mol. The highest BCUT2D eigenvalue weighted by atomic mass is 32.2. The fraction of sp³-hybridized carbons (Fsp3) is 0.562. The molecule has 0 aliphatic carbocycles. The van der Waals surface area contributed by atoms with E-state index in [4.69, 9.17) is 5.73 Å². The Hall–Kier alpha value is -1.74. The third-order valence-corrected chi connectivity index (χ3v) is 6.54. The van der Waals surface area contributed by atoms with Gasteiger partial charge in [-0.15, -0.1) is 0 Å². The van der Waals surface area contributed by atoms with Crippen LogP contribution in [-0.2, 0) is 14.6 Å². The number of hydrogen-bond acceptors (Lipinski definition) is 5. The maximum absolute atomic E-state index is 14.1. The summed E-state index contributed by atoms with van der Waals surface area (Å²) in [7, 11) is -4.16. The third-order valence-electron chi connectivity index (χ3n) is 4.90. The van der Waals surface area contributed by atoms with Gasteiger partial charge in [-0.2, -0.15) is 0 Å². The summed E-state index contributed by atoms with van der Waals surface area (Å²) in [6.45, 7) is 1.80. The van der Waals surface area contributed by atoms with Gasteiger partial charge in [0.25, 0.3) is 11.4 Å². The van der Waals surface area contributed by atoms with Crippen molar-refractivity contribution in [3.8, 4) is 0 Å². The second kappa shape index (κ2) is 6.87. The van der Waals surface area contributed by atoms with Crippen LogP contribution in [0.1, 0.15) is 0 Å². The molecule has 2 N–H and O–H groups in total. The Bertz CT molecular complexity index is 727. The van der Waals surface area contributed by atoms with E-state index in [1.54, 1.807) is 12.1 Å². The van der Waals surface area contributed by atoms with Crippen molar-refractivity contribution in [2.45, 2.75) is 5.50 Å². The molecule has 0 spiro atoms. The number of nitrogens with zero attached hydrogens (tertiary/aromatic N) is 2. The van der Waals surface area contributed by atoms with E-state index in [1.807, 2.05) is 0 Å². The fourth-order valence-electron chi connectivity index (χ4n) is 3.60. The highest BCUT2D eigenvalue weighted by Crippen LogP contribution is 2.34. The summed E-state index contributed by atoms with van der Waals surface area (Å²) in [6, 6.07) is 6.21. The summed E-state index contributed by atoms with van der Waals surface area (Å²) >= 11 is 0. The second-order valence-electron chi connectivity index (χ2n) is 6.62. The topological polar surface area (TPSA) is 83.7 Å². The lowest BCUT2D eigenvalue weighted by Gasteiger charge is -2.24. The van der Waals surface area contributed by atoms with Crippen LogP contribution < -0.4 is 10.6 Å². The molecule has 0 bridgehead atoms. The molecule has 25 heavy (non-hydrogen) atoms. The first kappa shape index (κ1) is 18.1. The van der Waals surface area contributed by atoms with E-state index in [0.29, 0.717) is 26.2 Å². The molecule has 6 nitrogen and oxygen atoms in total. The van der Waals surface area contributed by atoms with E-state index in [-0.39, 0.29) is 24.2 Å². The summed E-state index contributed by atoms with van der Waals surface area (Å²) in [5.74, 6) is -1.53. The molecule has 2 fully saturated rings. The summed E-state index contributed by atoms with van der Waals surface area (Å²) in [5.41, 5.74) is 3.53. The number of nitrogens with two attached hydrogens (primary N) is 1. The molecule has 0 aromatic heterocycles. The van der Waals surface area contributed by atoms with Gasteiger partial charge >= 0.3 is 0 Å². The minimum absolute atomic E-state index is 0.151. The molecule has 1 amide bonds. The molecule has 138 valence electrons. The van der Waals surface area contributed by atoms with Crippen molar-refractivity contribution in [3.63, 3.8) is 0 Å². The summed E-state index contributed by atoms with van der Waals surface area (Å²) in [5, 5.41) is 0. The van der Waals surface area contributed by atoms with E-state index in [2.05, 4.69) is 4.90 Å². The normalized spacial score (nSPS) is 24.4. The lowest BCUT2D eigenvalue weighted by atomic mass is 10.0. The Kier molecular flexibility index (Phi) is 4.97. The number of fused-ring (bicyclic) bond motifs is 1. The van der Waals surface area contributed by atoms with E-state index < -0.39 is 27.0 Å². The zero-order valence-corrected chi connectivity index (χ0v) is 14.5. The molecule has 1 aromatic carbocycles. The molecule has 2 heterocycles. The number of benzene rings is 1. The Labute approximate surface area is 145 Å². The molecule has 2 saturated heterocycles. The molecule has 2 aliphatic rings. The van der Waals surface area contributed by atoms with Gasteiger partial charge < -0.3 is 15.5 Å². The maximum Gasteiger partial charge on any atom is 0.278 e. The van der Waals surface area contributed by atoms with Crippen molar-refractivity contribution in [2.24, 2.45) is 17.6 Å². The number of anilines is 1. The maximum atomic E-state index is 14.1. The Morgan fingerprint density at radius 1 is 1.16 bits per heavy atom. The van der Waals surface area contributed by atoms with Gasteiger partial charge in [-0.05, 0) is 24.3 Å². The van der Waals surface area contributed by atoms with Gasteiger partial charge in [0.2, 0.25) is 0 Å². The van der Waals surface area contributed by atoms with Crippen molar-refractivity contribution in [3.05, 3.63) is 30.1 Å². The summed E-state index contributed by atoms with van der Waals surface area (Å²) < 4.78 is 50.5. The minimum Gasteiger partial charge on any atom is -0.371 e.